The van der Waals surface area contributed by atoms with Crippen molar-refractivity contribution < 1.29 is 39.6 Å². The fourth-order valence-corrected chi connectivity index (χ4v) is 6.58. The number of carbonyl (C=O) groups is 4. The lowest BCUT2D eigenvalue weighted by atomic mass is 9.52. The van der Waals surface area contributed by atoms with E-state index in [-0.39, 0.29) is 0 Å². The molecule has 2 aliphatic carbocycles. The van der Waals surface area contributed by atoms with Crippen LogP contribution < -0.4 is 0 Å². The topological polar surface area (TPSA) is 149 Å². The molecule has 0 aliphatic heterocycles. The molecule has 0 aromatic heterocycles. The Kier molecular flexibility index (Phi) is 14.4. The predicted octanol–water partition coefficient (Wildman–Crippen LogP) is 7.10. The van der Waals surface area contributed by atoms with Gasteiger partial charge in [0.15, 0.2) is 0 Å². The van der Waals surface area contributed by atoms with E-state index >= 15 is 0 Å². The fourth-order valence-electron chi connectivity index (χ4n) is 6.58. The van der Waals surface area contributed by atoms with Gasteiger partial charge in [0.2, 0.25) is 0 Å². The van der Waals surface area contributed by atoms with Crippen LogP contribution in [-0.2, 0) is 19.2 Å². The van der Waals surface area contributed by atoms with Gasteiger partial charge in [0.1, 0.15) is 0 Å². The van der Waals surface area contributed by atoms with Gasteiger partial charge in [0.05, 0.1) is 22.7 Å². The number of carboxylic acids is 4. The van der Waals surface area contributed by atoms with E-state index in [0.717, 1.165) is 64.2 Å². The third-order valence-corrected chi connectivity index (χ3v) is 8.86. The highest BCUT2D eigenvalue weighted by atomic mass is 16.4. The SMILES string of the molecule is CC(C)CCCCC1(C(=O)O)CCCCC1(CCCCC(C)C)C(=O)O.O=C(O)C1CCCCC1C(=O)O. The van der Waals surface area contributed by atoms with Gasteiger partial charge in [-0.05, 0) is 50.4 Å². The first-order chi connectivity index (χ1) is 17.8. The van der Waals surface area contributed by atoms with Gasteiger partial charge in [-0.3, -0.25) is 19.2 Å². The van der Waals surface area contributed by atoms with Gasteiger partial charge in [-0.15, -0.1) is 0 Å². The van der Waals surface area contributed by atoms with E-state index in [4.69, 9.17) is 10.2 Å². The molecule has 0 spiro atoms. The maximum atomic E-state index is 12.4. The first-order valence-electron chi connectivity index (χ1n) is 14.7. The Balaban J connectivity index is 0.000000499. The second-order valence-electron chi connectivity index (χ2n) is 12.4. The molecule has 0 saturated heterocycles. The highest BCUT2D eigenvalue weighted by Crippen LogP contribution is 2.57. The molecule has 220 valence electrons. The van der Waals surface area contributed by atoms with Crippen LogP contribution in [-0.4, -0.2) is 44.3 Å². The monoisotopic (exact) mass is 540 g/mol. The van der Waals surface area contributed by atoms with Gasteiger partial charge in [-0.1, -0.05) is 91.9 Å². The molecule has 4 unspecified atom stereocenters. The van der Waals surface area contributed by atoms with Crippen molar-refractivity contribution in [1.82, 2.24) is 0 Å². The van der Waals surface area contributed by atoms with Crippen LogP contribution in [0.25, 0.3) is 0 Å². The van der Waals surface area contributed by atoms with E-state index in [1.807, 2.05) is 0 Å². The molecule has 0 radical (unpaired) electrons. The van der Waals surface area contributed by atoms with Crippen molar-refractivity contribution >= 4 is 23.9 Å². The second-order valence-corrected chi connectivity index (χ2v) is 12.4. The van der Waals surface area contributed by atoms with Gasteiger partial charge < -0.3 is 20.4 Å². The third-order valence-electron chi connectivity index (χ3n) is 8.86. The molecule has 0 bridgehead atoms. The van der Waals surface area contributed by atoms with Crippen LogP contribution in [0.15, 0.2) is 0 Å². The Morgan fingerprint density at radius 2 is 0.947 bits per heavy atom. The summed E-state index contributed by atoms with van der Waals surface area (Å²) in [5.41, 5.74) is -2.18. The zero-order valence-electron chi connectivity index (χ0n) is 24.0. The largest absolute Gasteiger partial charge is 0.481 e. The Bertz CT molecular complexity index is 712. The zero-order chi connectivity index (χ0) is 28.9. The zero-order valence-corrected chi connectivity index (χ0v) is 24.0. The van der Waals surface area contributed by atoms with Gasteiger partial charge in [0.25, 0.3) is 0 Å². The average molecular weight is 541 g/mol. The van der Waals surface area contributed by atoms with Gasteiger partial charge in [-0.2, -0.15) is 0 Å². The van der Waals surface area contributed by atoms with E-state index in [1.54, 1.807) is 0 Å². The third kappa shape index (κ3) is 9.26. The molecule has 8 heteroatoms. The molecule has 0 heterocycles. The van der Waals surface area contributed by atoms with Crippen molar-refractivity contribution in [1.29, 1.82) is 0 Å². The lowest BCUT2D eigenvalue weighted by Crippen LogP contribution is -2.54. The molecular formula is C30H52O8. The molecule has 8 nitrogen and oxygen atoms in total. The van der Waals surface area contributed by atoms with Crippen LogP contribution in [0.3, 0.4) is 0 Å². The lowest BCUT2D eigenvalue weighted by molar-refractivity contribution is -0.182. The van der Waals surface area contributed by atoms with E-state index in [9.17, 15) is 29.4 Å². The molecule has 0 aromatic rings. The van der Waals surface area contributed by atoms with Crippen molar-refractivity contribution in [2.75, 3.05) is 0 Å². The number of hydrogen-bond acceptors (Lipinski definition) is 4. The maximum absolute atomic E-state index is 12.4. The molecule has 2 rings (SSSR count). The van der Waals surface area contributed by atoms with Crippen LogP contribution in [0.4, 0.5) is 0 Å². The van der Waals surface area contributed by atoms with Crippen molar-refractivity contribution in [2.24, 2.45) is 34.5 Å². The summed E-state index contributed by atoms with van der Waals surface area (Å²) in [5.74, 6) is -3.84. The summed E-state index contributed by atoms with van der Waals surface area (Å²) in [6.45, 7) is 8.68. The van der Waals surface area contributed by atoms with Crippen LogP contribution in [0, 0.1) is 34.5 Å². The van der Waals surface area contributed by atoms with E-state index in [0.29, 0.717) is 50.4 Å². The molecular weight excluding hydrogens is 488 g/mol. The van der Waals surface area contributed by atoms with Crippen LogP contribution >= 0.6 is 0 Å². The average Bonchev–Trinajstić information content (AvgIpc) is 2.85. The summed E-state index contributed by atoms with van der Waals surface area (Å²) >= 11 is 0. The van der Waals surface area contributed by atoms with Gasteiger partial charge >= 0.3 is 23.9 Å². The van der Waals surface area contributed by atoms with Gasteiger partial charge in [0, 0.05) is 0 Å². The molecule has 2 saturated carbocycles. The number of hydrogen-bond donors (Lipinski definition) is 4. The maximum Gasteiger partial charge on any atom is 0.310 e. The summed E-state index contributed by atoms with van der Waals surface area (Å²) in [6, 6.07) is 0. The summed E-state index contributed by atoms with van der Waals surface area (Å²) in [4.78, 5) is 46.0. The highest BCUT2D eigenvalue weighted by molar-refractivity contribution is 5.87. The second kappa shape index (κ2) is 16.1. The Morgan fingerprint density at radius 1 is 0.605 bits per heavy atom. The summed E-state index contributed by atoms with van der Waals surface area (Å²) in [7, 11) is 0. The fraction of sp³-hybridized carbons (Fsp3) is 0.867. The van der Waals surface area contributed by atoms with Crippen molar-refractivity contribution in [3.05, 3.63) is 0 Å². The minimum atomic E-state index is -1.09. The van der Waals surface area contributed by atoms with Crippen molar-refractivity contribution in [3.8, 4) is 0 Å². The summed E-state index contributed by atoms with van der Waals surface area (Å²) in [5, 5.41) is 37.7. The van der Waals surface area contributed by atoms with Crippen LogP contribution in [0.5, 0.6) is 0 Å². The number of aliphatic carboxylic acids is 4. The Morgan fingerprint density at radius 3 is 1.21 bits per heavy atom. The first-order valence-corrected chi connectivity index (χ1v) is 14.7. The molecule has 4 atom stereocenters. The molecule has 4 N–H and O–H groups in total. The molecule has 2 fully saturated rings. The molecule has 0 aromatic carbocycles. The normalized spacial score (nSPS) is 27.4. The van der Waals surface area contributed by atoms with Crippen molar-refractivity contribution in [2.45, 2.75) is 130 Å². The van der Waals surface area contributed by atoms with E-state index in [2.05, 4.69) is 27.7 Å². The van der Waals surface area contributed by atoms with Crippen LogP contribution in [0.1, 0.15) is 130 Å². The predicted molar refractivity (Wildman–Crippen MR) is 146 cm³/mol. The van der Waals surface area contributed by atoms with E-state index < -0.39 is 46.5 Å². The van der Waals surface area contributed by atoms with Gasteiger partial charge in [-0.25, -0.2) is 0 Å². The summed E-state index contributed by atoms with van der Waals surface area (Å²) < 4.78 is 0. The smallest absolute Gasteiger partial charge is 0.310 e. The molecule has 0 amide bonds. The van der Waals surface area contributed by atoms with Crippen molar-refractivity contribution in [3.63, 3.8) is 0 Å². The quantitative estimate of drug-likeness (QED) is 0.170. The minimum absolute atomic E-state index is 0.505. The molecule has 2 aliphatic rings. The number of rotatable bonds is 14. The highest BCUT2D eigenvalue weighted by Gasteiger charge is 2.61. The number of carboxylic acid groups (broad SMARTS) is 4. The summed E-state index contributed by atoms with van der Waals surface area (Å²) in [6.07, 6.45) is 12.1. The first kappa shape index (κ1) is 33.9. The standard InChI is InChI=1S/C22H40O4.C8H12O4/c1-17(2)11-5-7-13-21(19(23)24)15-9-10-16-22(21,20(25)26)14-8-6-12-18(3)4;9-7(10)5-3-1-2-4-6(5)8(11)12/h17-18H,5-16H2,1-4H3,(H,23,24)(H,25,26);5-6H,1-4H2,(H,9,10)(H,11,12). The Hall–Kier alpha value is -2.12. The van der Waals surface area contributed by atoms with Crippen LogP contribution in [0.2, 0.25) is 0 Å². The number of unbranched alkanes of at least 4 members (excludes halogenated alkanes) is 2. The lowest BCUT2D eigenvalue weighted by Gasteiger charge is -2.49. The molecule has 38 heavy (non-hydrogen) atoms. The minimum Gasteiger partial charge on any atom is -0.481 e. The van der Waals surface area contributed by atoms with E-state index in [1.165, 1.54) is 0 Å². The Labute approximate surface area is 228 Å².